The average molecular weight is 547 g/mol. The third kappa shape index (κ3) is 6.50. The first-order chi connectivity index (χ1) is 16.4. The van der Waals surface area contributed by atoms with Gasteiger partial charge in [-0.1, -0.05) is 58.5 Å². The number of amides is 1. The number of alkyl carbamates (subject to hydrolysis) is 1. The number of hydrogen-bond donors (Lipinski definition) is 1. The van der Waals surface area contributed by atoms with E-state index in [1.807, 2.05) is 48.5 Å². The van der Waals surface area contributed by atoms with Crippen LogP contribution in [0, 0.1) is 6.92 Å². The molecule has 4 rings (SSSR count). The SMILES string of the molecule is Cc1c(CNC(=O)OCC2c3ccccc3-c3ccccc32)cc([B-](F)(F)F)cc1OS(=O)(=O)F.[K+]. The molecule has 0 heterocycles. The van der Waals surface area contributed by atoms with Crippen LogP contribution in [0.3, 0.4) is 0 Å². The number of hydrogen-bond acceptors (Lipinski definition) is 5. The second-order valence-electron chi connectivity index (χ2n) is 8.03. The molecule has 0 saturated carbocycles. The van der Waals surface area contributed by atoms with Crippen LogP contribution < -0.4 is 66.3 Å². The molecule has 184 valence electrons. The standard InChI is InChI=1S/C23H19BF4NO5S.K/c1-14-15(10-16(24(25,26)27)11-22(14)34-35(28,31)32)12-29-23(30)33-13-21-19-8-4-2-6-17(19)18-7-3-5-9-20(18)21;/h2-11,21H,12-13H2,1H3,(H,29,30);/q-1;+1. The van der Waals surface area contributed by atoms with Gasteiger partial charge < -0.3 is 27.2 Å². The van der Waals surface area contributed by atoms with Crippen LogP contribution in [0.1, 0.15) is 28.2 Å². The number of fused-ring (bicyclic) bond motifs is 3. The molecule has 0 saturated heterocycles. The zero-order valence-electron chi connectivity index (χ0n) is 19.3. The summed E-state index contributed by atoms with van der Waals surface area (Å²) in [5, 5.41) is 2.36. The van der Waals surface area contributed by atoms with Crippen molar-refractivity contribution in [1.82, 2.24) is 5.32 Å². The first kappa shape index (κ1) is 28.7. The molecule has 1 aliphatic carbocycles. The van der Waals surface area contributed by atoms with Crippen molar-refractivity contribution >= 4 is 29.0 Å². The number of ether oxygens (including phenoxy) is 1. The molecule has 6 nitrogen and oxygen atoms in total. The molecule has 1 N–H and O–H groups in total. The molecular weight excluding hydrogens is 528 g/mol. The van der Waals surface area contributed by atoms with Gasteiger partial charge in [0, 0.05) is 12.5 Å². The molecule has 3 aromatic rings. The summed E-state index contributed by atoms with van der Waals surface area (Å²) in [5.41, 5.74) is 2.68. The van der Waals surface area contributed by atoms with Crippen molar-refractivity contribution in [1.29, 1.82) is 0 Å². The summed E-state index contributed by atoms with van der Waals surface area (Å²) < 4.78 is 83.9. The van der Waals surface area contributed by atoms with Crippen LogP contribution in [0.25, 0.3) is 11.1 Å². The van der Waals surface area contributed by atoms with Gasteiger partial charge in [-0.3, -0.25) is 0 Å². The largest absolute Gasteiger partial charge is 1.00 e. The second kappa shape index (κ2) is 11.2. The van der Waals surface area contributed by atoms with Crippen molar-refractivity contribution in [2.45, 2.75) is 19.4 Å². The predicted octanol–water partition coefficient (Wildman–Crippen LogP) is 1.69. The molecule has 3 aromatic carbocycles. The van der Waals surface area contributed by atoms with Crippen molar-refractivity contribution < 1.29 is 90.3 Å². The van der Waals surface area contributed by atoms with E-state index < -0.39 is 41.3 Å². The Hall–Kier alpha value is -1.90. The quantitative estimate of drug-likeness (QED) is 0.277. The van der Waals surface area contributed by atoms with E-state index in [1.165, 1.54) is 6.92 Å². The van der Waals surface area contributed by atoms with Crippen LogP contribution in [-0.4, -0.2) is 28.1 Å². The molecule has 0 spiro atoms. The van der Waals surface area contributed by atoms with E-state index in [2.05, 4.69) is 9.50 Å². The van der Waals surface area contributed by atoms with E-state index in [4.69, 9.17) is 4.74 Å². The predicted molar refractivity (Wildman–Crippen MR) is 122 cm³/mol. The van der Waals surface area contributed by atoms with Crippen molar-refractivity contribution in [2.75, 3.05) is 6.61 Å². The Labute approximate surface area is 248 Å². The minimum Gasteiger partial charge on any atom is -0.449 e. The molecule has 13 heteroatoms. The third-order valence-electron chi connectivity index (χ3n) is 5.82. The summed E-state index contributed by atoms with van der Waals surface area (Å²) in [6.07, 6.45) is -0.880. The number of benzene rings is 3. The van der Waals surface area contributed by atoms with E-state index in [0.29, 0.717) is 6.07 Å². The van der Waals surface area contributed by atoms with Crippen LogP contribution >= 0.6 is 0 Å². The van der Waals surface area contributed by atoms with Crippen LogP contribution in [0.15, 0.2) is 60.7 Å². The van der Waals surface area contributed by atoms with Gasteiger partial charge in [0.25, 0.3) is 0 Å². The van der Waals surface area contributed by atoms with E-state index in [0.717, 1.165) is 28.3 Å². The maximum Gasteiger partial charge on any atom is 1.00 e. The fourth-order valence-corrected chi connectivity index (χ4v) is 4.54. The first-order valence-corrected chi connectivity index (χ1v) is 11.8. The molecule has 0 aromatic heterocycles. The Morgan fingerprint density at radius 1 is 1.00 bits per heavy atom. The van der Waals surface area contributed by atoms with Gasteiger partial charge in [0.1, 0.15) is 12.4 Å². The maximum absolute atomic E-state index is 13.3. The molecule has 0 fully saturated rings. The van der Waals surface area contributed by atoms with Gasteiger partial charge in [-0.05, 0) is 46.4 Å². The Morgan fingerprint density at radius 3 is 2.08 bits per heavy atom. The van der Waals surface area contributed by atoms with Crippen LogP contribution in [-0.2, 0) is 21.8 Å². The van der Waals surface area contributed by atoms with Crippen molar-refractivity contribution in [3.05, 3.63) is 82.9 Å². The number of halogens is 4. The number of carbonyl (C=O) groups is 1. The van der Waals surface area contributed by atoms with E-state index in [1.54, 1.807) is 0 Å². The molecule has 0 unspecified atom stereocenters. The van der Waals surface area contributed by atoms with Crippen LogP contribution in [0.2, 0.25) is 0 Å². The Bertz CT molecular complexity index is 1360. The van der Waals surface area contributed by atoms with Gasteiger partial charge in [0.05, 0.1) is 0 Å². The Morgan fingerprint density at radius 2 is 1.56 bits per heavy atom. The molecule has 1 aliphatic rings. The summed E-state index contributed by atoms with van der Waals surface area (Å²) >= 11 is 0. The van der Waals surface area contributed by atoms with Crippen molar-refractivity contribution in [3.8, 4) is 16.9 Å². The normalized spacial score (nSPS) is 12.8. The van der Waals surface area contributed by atoms with Gasteiger partial charge >= 0.3 is 75.0 Å². The fraction of sp³-hybridized carbons (Fsp3) is 0.174. The second-order valence-corrected chi connectivity index (χ2v) is 8.99. The Balaban J connectivity index is 0.00000361. The zero-order chi connectivity index (χ0) is 25.4. The molecule has 1 amide bonds. The minimum atomic E-state index is -5.55. The summed E-state index contributed by atoms with van der Waals surface area (Å²) in [7, 11) is -5.55. The van der Waals surface area contributed by atoms with Gasteiger partial charge in [0.15, 0.2) is 0 Å². The average Bonchev–Trinajstić information content (AvgIpc) is 3.10. The number of nitrogens with one attached hydrogen (secondary N) is 1. The van der Waals surface area contributed by atoms with Gasteiger partial charge in [0.2, 0.25) is 0 Å². The molecule has 0 aliphatic heterocycles. The zero-order valence-corrected chi connectivity index (χ0v) is 23.2. The molecule has 36 heavy (non-hydrogen) atoms. The van der Waals surface area contributed by atoms with Crippen LogP contribution in [0.4, 0.5) is 21.6 Å². The topological polar surface area (TPSA) is 81.7 Å². The minimum absolute atomic E-state index is 0. The smallest absolute Gasteiger partial charge is 0.449 e. The molecular formula is C23H19BF4KNO5S. The number of rotatable bonds is 7. The monoisotopic (exact) mass is 547 g/mol. The van der Waals surface area contributed by atoms with Crippen molar-refractivity contribution in [2.24, 2.45) is 0 Å². The third-order valence-corrected chi connectivity index (χ3v) is 6.20. The summed E-state index contributed by atoms with van der Waals surface area (Å²) in [5.74, 6) is -1.02. The Kier molecular flexibility index (Phi) is 8.95. The van der Waals surface area contributed by atoms with Gasteiger partial charge in [-0.2, -0.15) is 8.42 Å². The van der Waals surface area contributed by atoms with Gasteiger partial charge in [-0.25, -0.2) is 4.79 Å². The van der Waals surface area contributed by atoms with Crippen LogP contribution in [0.5, 0.6) is 5.75 Å². The molecule has 0 bridgehead atoms. The number of carbonyl (C=O) groups excluding carboxylic acids is 1. The van der Waals surface area contributed by atoms with E-state index in [9.17, 15) is 30.0 Å². The first-order valence-electron chi connectivity index (χ1n) is 10.5. The van der Waals surface area contributed by atoms with Crippen molar-refractivity contribution in [3.63, 3.8) is 0 Å². The summed E-state index contributed by atoms with van der Waals surface area (Å²) in [4.78, 5) is 12.4. The molecule has 0 radical (unpaired) electrons. The van der Waals surface area contributed by atoms with E-state index in [-0.39, 0.29) is 75.0 Å². The van der Waals surface area contributed by atoms with E-state index >= 15 is 0 Å². The fourth-order valence-electron chi connectivity index (χ4n) is 4.15. The molecule has 0 atom stereocenters. The maximum atomic E-state index is 13.3. The summed E-state index contributed by atoms with van der Waals surface area (Å²) in [6.45, 7) is -4.72. The van der Waals surface area contributed by atoms with Gasteiger partial charge in [-0.15, -0.1) is 5.46 Å². The summed E-state index contributed by atoms with van der Waals surface area (Å²) in [6, 6.07) is 16.6.